The monoisotopic (exact) mass is 325 g/mol. The summed E-state index contributed by atoms with van der Waals surface area (Å²) in [5.74, 6) is -0.535. The second-order valence-electron chi connectivity index (χ2n) is 6.07. The van der Waals surface area contributed by atoms with E-state index in [0.717, 1.165) is 24.0 Å². The minimum absolute atomic E-state index is 0.184. The van der Waals surface area contributed by atoms with Gasteiger partial charge >= 0.3 is 0 Å². The average molecular weight is 325 g/mol. The van der Waals surface area contributed by atoms with Gasteiger partial charge < -0.3 is 10.0 Å². The van der Waals surface area contributed by atoms with Gasteiger partial charge in [0, 0.05) is 19.0 Å². The zero-order chi connectivity index (χ0) is 17.4. The maximum absolute atomic E-state index is 12.9. The summed E-state index contributed by atoms with van der Waals surface area (Å²) in [5, 5.41) is 10.9. The number of aliphatic hydroxyl groups is 1. The molecule has 2 aromatic carbocycles. The summed E-state index contributed by atoms with van der Waals surface area (Å²) in [6, 6.07) is 19.5. The molecule has 1 atom stereocenters. The molecule has 0 radical (unpaired) electrons. The molecule has 2 rings (SSSR count). The van der Waals surface area contributed by atoms with E-state index in [-0.39, 0.29) is 11.8 Å². The van der Waals surface area contributed by atoms with Crippen LogP contribution in [-0.4, -0.2) is 35.1 Å². The number of nitrogens with zero attached hydrogens (tertiary/aromatic N) is 1. The normalized spacial score (nSPS) is 12.2. The van der Waals surface area contributed by atoms with E-state index in [4.69, 9.17) is 0 Å². The lowest BCUT2D eigenvalue weighted by atomic mass is 9.86. The van der Waals surface area contributed by atoms with Crippen LogP contribution in [0.5, 0.6) is 0 Å². The van der Waals surface area contributed by atoms with Gasteiger partial charge in [-0.3, -0.25) is 4.79 Å². The van der Waals surface area contributed by atoms with Gasteiger partial charge in [-0.05, 0) is 24.0 Å². The van der Waals surface area contributed by atoms with Crippen molar-refractivity contribution in [3.8, 4) is 0 Å². The number of rotatable bonds is 8. The molecule has 1 amide bonds. The summed E-state index contributed by atoms with van der Waals surface area (Å²) in [5.41, 5.74) is 1.91. The second kappa shape index (κ2) is 9.24. The van der Waals surface area contributed by atoms with Crippen LogP contribution >= 0.6 is 0 Å². The van der Waals surface area contributed by atoms with Crippen molar-refractivity contribution in [1.29, 1.82) is 0 Å². The molecule has 0 aromatic heterocycles. The molecule has 3 nitrogen and oxygen atoms in total. The van der Waals surface area contributed by atoms with Crippen molar-refractivity contribution < 1.29 is 9.90 Å². The summed E-state index contributed by atoms with van der Waals surface area (Å²) in [6.07, 6.45) is 0.701. The van der Waals surface area contributed by atoms with Crippen molar-refractivity contribution in [3.63, 3.8) is 0 Å². The molecule has 0 spiro atoms. The fraction of sp³-hybridized carbons (Fsp3) is 0.381. The van der Waals surface area contributed by atoms with Gasteiger partial charge in [0.2, 0.25) is 0 Å². The molecule has 24 heavy (non-hydrogen) atoms. The molecule has 0 aliphatic rings. The van der Waals surface area contributed by atoms with Crippen LogP contribution in [-0.2, 0) is 4.79 Å². The quantitative estimate of drug-likeness (QED) is 0.801. The Labute approximate surface area is 144 Å². The van der Waals surface area contributed by atoms with Crippen LogP contribution in [0.2, 0.25) is 0 Å². The van der Waals surface area contributed by atoms with Crippen LogP contribution in [0.25, 0.3) is 0 Å². The van der Waals surface area contributed by atoms with E-state index in [1.54, 1.807) is 4.90 Å². The zero-order valence-corrected chi connectivity index (χ0v) is 14.6. The van der Waals surface area contributed by atoms with E-state index in [9.17, 15) is 9.90 Å². The minimum Gasteiger partial charge on any atom is -0.382 e. The molecule has 1 N–H and O–H groups in total. The van der Waals surface area contributed by atoms with Gasteiger partial charge in [-0.15, -0.1) is 0 Å². The first-order chi connectivity index (χ1) is 11.7. The molecule has 3 heteroatoms. The molecule has 0 bridgehead atoms. The maximum atomic E-state index is 12.9. The van der Waals surface area contributed by atoms with Gasteiger partial charge in [0.1, 0.15) is 6.10 Å². The number of amides is 1. The third-order valence-corrected chi connectivity index (χ3v) is 4.18. The Morgan fingerprint density at radius 3 is 1.67 bits per heavy atom. The Morgan fingerprint density at radius 1 is 0.875 bits per heavy atom. The number of aliphatic hydroxyl groups excluding tert-OH is 1. The minimum atomic E-state index is -1.08. The lowest BCUT2D eigenvalue weighted by Gasteiger charge is -2.29. The van der Waals surface area contributed by atoms with Gasteiger partial charge in [-0.2, -0.15) is 0 Å². The highest BCUT2D eigenvalue weighted by Gasteiger charge is 2.31. The van der Waals surface area contributed by atoms with Crippen molar-refractivity contribution in [2.24, 2.45) is 0 Å². The highest BCUT2D eigenvalue weighted by atomic mass is 16.3. The topological polar surface area (TPSA) is 40.5 Å². The first-order valence-corrected chi connectivity index (χ1v) is 8.75. The molecule has 0 saturated heterocycles. The lowest BCUT2D eigenvalue weighted by molar-refractivity contribution is -0.141. The SMILES string of the molecule is CCCN(CCC)C(=O)C(O)C(c1ccccc1)c1ccccc1. The fourth-order valence-electron chi connectivity index (χ4n) is 3.08. The number of carbonyl (C=O) groups is 1. The number of benzene rings is 2. The predicted molar refractivity (Wildman–Crippen MR) is 97.9 cm³/mol. The van der Waals surface area contributed by atoms with E-state index >= 15 is 0 Å². The molecular weight excluding hydrogens is 298 g/mol. The molecular formula is C21H27NO2. The number of hydrogen-bond acceptors (Lipinski definition) is 2. The standard InChI is InChI=1S/C21H27NO2/c1-3-15-22(16-4-2)21(24)20(23)19(17-11-7-5-8-12-17)18-13-9-6-10-14-18/h5-14,19-20,23H,3-4,15-16H2,1-2H3. The van der Waals surface area contributed by atoms with E-state index < -0.39 is 6.10 Å². The Hall–Kier alpha value is -2.13. The molecule has 128 valence electrons. The van der Waals surface area contributed by atoms with Crippen molar-refractivity contribution in [2.45, 2.75) is 38.7 Å². The first kappa shape index (κ1) is 18.2. The average Bonchev–Trinajstić information content (AvgIpc) is 2.63. The van der Waals surface area contributed by atoms with Crippen LogP contribution in [0.15, 0.2) is 60.7 Å². The molecule has 0 aliphatic heterocycles. The first-order valence-electron chi connectivity index (χ1n) is 8.75. The van der Waals surface area contributed by atoms with Crippen LogP contribution < -0.4 is 0 Å². The summed E-state index contributed by atoms with van der Waals surface area (Å²) < 4.78 is 0. The Bertz CT molecular complexity index is 567. The fourth-order valence-corrected chi connectivity index (χ4v) is 3.08. The lowest BCUT2D eigenvalue weighted by Crippen LogP contribution is -2.43. The number of hydrogen-bond donors (Lipinski definition) is 1. The molecule has 0 aliphatic carbocycles. The molecule has 0 fully saturated rings. The van der Waals surface area contributed by atoms with Gasteiger partial charge in [0.15, 0.2) is 0 Å². The largest absolute Gasteiger partial charge is 0.382 e. The third-order valence-electron chi connectivity index (χ3n) is 4.18. The third kappa shape index (κ3) is 4.45. The molecule has 0 heterocycles. The van der Waals surface area contributed by atoms with E-state index in [0.29, 0.717) is 13.1 Å². The van der Waals surface area contributed by atoms with E-state index in [1.807, 2.05) is 74.5 Å². The van der Waals surface area contributed by atoms with Crippen molar-refractivity contribution in [1.82, 2.24) is 4.90 Å². The van der Waals surface area contributed by atoms with Crippen molar-refractivity contribution >= 4 is 5.91 Å². The van der Waals surface area contributed by atoms with E-state index in [1.165, 1.54) is 0 Å². The Balaban J connectivity index is 2.34. The predicted octanol–water partition coefficient (Wildman–Crippen LogP) is 3.83. The Morgan fingerprint density at radius 2 is 1.29 bits per heavy atom. The van der Waals surface area contributed by atoms with Crippen molar-refractivity contribution in [2.75, 3.05) is 13.1 Å². The molecule has 0 saturated carbocycles. The zero-order valence-electron chi connectivity index (χ0n) is 14.6. The smallest absolute Gasteiger partial charge is 0.252 e. The molecule has 2 aromatic rings. The highest BCUT2D eigenvalue weighted by Crippen LogP contribution is 2.29. The molecule has 1 unspecified atom stereocenters. The van der Waals surface area contributed by atoms with Gasteiger partial charge in [0.05, 0.1) is 0 Å². The summed E-state index contributed by atoms with van der Waals surface area (Å²) >= 11 is 0. The Kier molecular flexibility index (Phi) is 7.01. The highest BCUT2D eigenvalue weighted by molar-refractivity contribution is 5.82. The van der Waals surface area contributed by atoms with Crippen LogP contribution in [0.3, 0.4) is 0 Å². The van der Waals surface area contributed by atoms with Crippen LogP contribution in [0, 0.1) is 0 Å². The summed E-state index contributed by atoms with van der Waals surface area (Å²) in [6.45, 7) is 5.46. The number of carbonyl (C=O) groups excluding carboxylic acids is 1. The van der Waals surface area contributed by atoms with E-state index in [2.05, 4.69) is 0 Å². The summed E-state index contributed by atoms with van der Waals surface area (Å²) in [7, 11) is 0. The summed E-state index contributed by atoms with van der Waals surface area (Å²) in [4.78, 5) is 14.7. The second-order valence-corrected chi connectivity index (χ2v) is 6.07. The van der Waals surface area contributed by atoms with Gasteiger partial charge in [0.25, 0.3) is 5.91 Å². The maximum Gasteiger partial charge on any atom is 0.252 e. The van der Waals surface area contributed by atoms with Crippen LogP contribution in [0.1, 0.15) is 43.7 Å². The van der Waals surface area contributed by atoms with Crippen molar-refractivity contribution in [3.05, 3.63) is 71.8 Å². The van der Waals surface area contributed by atoms with Crippen LogP contribution in [0.4, 0.5) is 0 Å². The van der Waals surface area contributed by atoms with Gasteiger partial charge in [-0.1, -0.05) is 74.5 Å². The van der Waals surface area contributed by atoms with Gasteiger partial charge in [-0.25, -0.2) is 0 Å².